The molecule has 0 bridgehead atoms. The molecule has 0 spiro atoms. The van der Waals surface area contributed by atoms with Crippen LogP contribution in [0.3, 0.4) is 0 Å². The van der Waals surface area contributed by atoms with Gasteiger partial charge in [-0.05, 0) is 32.1 Å². The van der Waals surface area contributed by atoms with Crippen LogP contribution >= 0.6 is 0 Å². The molecular formula is C13H20N2O3S. The lowest BCUT2D eigenvalue weighted by Gasteiger charge is -2.22. The maximum absolute atomic E-state index is 12.5. The highest BCUT2D eigenvalue weighted by molar-refractivity contribution is 7.89. The van der Waals surface area contributed by atoms with Crippen LogP contribution in [0.2, 0.25) is 0 Å². The topological polar surface area (TPSA) is 60.9 Å². The summed E-state index contributed by atoms with van der Waals surface area (Å²) in [4.78, 5) is 2.03. The maximum atomic E-state index is 12.5. The Morgan fingerprint density at radius 1 is 1.26 bits per heavy atom. The highest BCUT2D eigenvalue weighted by Gasteiger charge is 2.38. The fourth-order valence-corrected chi connectivity index (χ4v) is 4.23. The molecule has 5 nitrogen and oxygen atoms in total. The molecule has 1 fully saturated rings. The first-order chi connectivity index (χ1) is 8.84. The second-order valence-corrected chi connectivity index (χ2v) is 7.20. The van der Waals surface area contributed by atoms with Crippen LogP contribution in [0, 0.1) is 5.92 Å². The summed E-state index contributed by atoms with van der Waals surface area (Å²) in [7, 11) is 0.299. The molecule has 0 amide bonds. The van der Waals surface area contributed by atoms with Crippen LogP contribution in [-0.4, -0.2) is 56.0 Å². The Labute approximate surface area is 114 Å². The van der Waals surface area contributed by atoms with E-state index in [-0.39, 0.29) is 22.6 Å². The van der Waals surface area contributed by atoms with Gasteiger partial charge in [0.15, 0.2) is 0 Å². The molecule has 0 aliphatic carbocycles. The molecular weight excluding hydrogens is 264 g/mol. The quantitative estimate of drug-likeness (QED) is 0.898. The summed E-state index contributed by atoms with van der Waals surface area (Å²) in [5, 5.41) is 9.73. The number of likely N-dealkylation sites (N-methyl/N-ethyl adjacent to an activating group) is 1. The number of phenols is 1. The molecule has 1 N–H and O–H groups in total. The van der Waals surface area contributed by atoms with Crippen LogP contribution < -0.4 is 0 Å². The molecule has 2 atom stereocenters. The lowest BCUT2D eigenvalue weighted by molar-refractivity contribution is 0.263. The molecule has 6 heteroatoms. The van der Waals surface area contributed by atoms with E-state index < -0.39 is 10.0 Å². The Morgan fingerprint density at radius 2 is 1.89 bits per heavy atom. The SMILES string of the molecule is CC1CN(S(=O)(=O)c2ccccc2O)CC1N(C)C. The summed E-state index contributed by atoms with van der Waals surface area (Å²) in [6, 6.07) is 6.29. The van der Waals surface area contributed by atoms with Gasteiger partial charge >= 0.3 is 0 Å². The Bertz CT molecular complexity index is 557. The summed E-state index contributed by atoms with van der Waals surface area (Å²) in [5.74, 6) is 0.0825. The highest BCUT2D eigenvalue weighted by Crippen LogP contribution is 2.30. The molecule has 1 aliphatic rings. The van der Waals surface area contributed by atoms with Crippen LogP contribution in [0.25, 0.3) is 0 Å². The van der Waals surface area contributed by atoms with Crippen molar-refractivity contribution in [1.82, 2.24) is 9.21 Å². The van der Waals surface area contributed by atoms with Crippen molar-refractivity contribution in [3.05, 3.63) is 24.3 Å². The third-order valence-electron chi connectivity index (χ3n) is 3.69. The van der Waals surface area contributed by atoms with Crippen LogP contribution in [0.4, 0.5) is 0 Å². The molecule has 1 saturated heterocycles. The van der Waals surface area contributed by atoms with Crippen molar-refractivity contribution in [3.63, 3.8) is 0 Å². The number of nitrogens with zero attached hydrogens (tertiary/aromatic N) is 2. The smallest absolute Gasteiger partial charge is 0.246 e. The molecule has 0 radical (unpaired) electrons. The molecule has 0 aromatic heterocycles. The van der Waals surface area contributed by atoms with Crippen molar-refractivity contribution >= 4 is 10.0 Å². The van der Waals surface area contributed by atoms with E-state index in [4.69, 9.17) is 0 Å². The minimum Gasteiger partial charge on any atom is -0.507 e. The van der Waals surface area contributed by atoms with E-state index in [0.29, 0.717) is 13.1 Å². The number of aromatic hydroxyl groups is 1. The van der Waals surface area contributed by atoms with Gasteiger partial charge in [-0.15, -0.1) is 0 Å². The van der Waals surface area contributed by atoms with E-state index in [1.54, 1.807) is 12.1 Å². The molecule has 0 saturated carbocycles. The van der Waals surface area contributed by atoms with E-state index in [1.165, 1.54) is 16.4 Å². The van der Waals surface area contributed by atoms with Crippen molar-refractivity contribution in [3.8, 4) is 5.75 Å². The van der Waals surface area contributed by atoms with Gasteiger partial charge in [0.25, 0.3) is 0 Å². The predicted molar refractivity (Wildman–Crippen MR) is 73.5 cm³/mol. The van der Waals surface area contributed by atoms with Crippen LogP contribution in [0.15, 0.2) is 29.2 Å². The number of hydrogen-bond acceptors (Lipinski definition) is 4. The van der Waals surface area contributed by atoms with Crippen molar-refractivity contribution in [2.75, 3.05) is 27.2 Å². The highest BCUT2D eigenvalue weighted by atomic mass is 32.2. The van der Waals surface area contributed by atoms with Crippen LogP contribution in [0.1, 0.15) is 6.92 Å². The van der Waals surface area contributed by atoms with E-state index in [2.05, 4.69) is 0 Å². The van der Waals surface area contributed by atoms with Gasteiger partial charge in [-0.1, -0.05) is 19.1 Å². The molecule has 1 aliphatic heterocycles. The van der Waals surface area contributed by atoms with Gasteiger partial charge in [0, 0.05) is 19.1 Å². The van der Waals surface area contributed by atoms with Gasteiger partial charge in [0.2, 0.25) is 10.0 Å². The van der Waals surface area contributed by atoms with Crippen LogP contribution in [-0.2, 0) is 10.0 Å². The zero-order valence-corrected chi connectivity index (χ0v) is 12.3. The average molecular weight is 284 g/mol. The molecule has 1 heterocycles. The van der Waals surface area contributed by atoms with Crippen molar-refractivity contribution in [2.24, 2.45) is 5.92 Å². The number of sulfonamides is 1. The number of hydrogen-bond donors (Lipinski definition) is 1. The van der Waals surface area contributed by atoms with Crippen molar-refractivity contribution in [1.29, 1.82) is 0 Å². The van der Waals surface area contributed by atoms with Gasteiger partial charge in [0.1, 0.15) is 10.6 Å². The van der Waals surface area contributed by atoms with Gasteiger partial charge in [-0.25, -0.2) is 8.42 Å². The predicted octanol–water partition coefficient (Wildman–Crippen LogP) is 0.963. The maximum Gasteiger partial charge on any atom is 0.246 e. The number of rotatable bonds is 3. The van der Waals surface area contributed by atoms with Crippen molar-refractivity contribution in [2.45, 2.75) is 17.9 Å². The van der Waals surface area contributed by atoms with Gasteiger partial charge < -0.3 is 10.0 Å². The zero-order valence-electron chi connectivity index (χ0n) is 11.4. The monoisotopic (exact) mass is 284 g/mol. The van der Waals surface area contributed by atoms with Crippen LogP contribution in [0.5, 0.6) is 5.75 Å². The van der Waals surface area contributed by atoms with E-state index in [1.807, 2.05) is 25.9 Å². The summed E-state index contributed by atoms with van der Waals surface area (Å²) >= 11 is 0. The van der Waals surface area contributed by atoms with E-state index in [0.717, 1.165) is 0 Å². The summed E-state index contributed by atoms with van der Waals surface area (Å²) < 4.78 is 26.5. The van der Waals surface area contributed by atoms with E-state index in [9.17, 15) is 13.5 Å². The van der Waals surface area contributed by atoms with Gasteiger partial charge in [-0.3, -0.25) is 0 Å². The Kier molecular flexibility index (Phi) is 3.85. The molecule has 2 rings (SSSR count). The molecule has 106 valence electrons. The van der Waals surface area contributed by atoms with Crippen molar-refractivity contribution < 1.29 is 13.5 Å². The second-order valence-electron chi connectivity index (χ2n) is 5.30. The first-order valence-electron chi connectivity index (χ1n) is 6.28. The summed E-state index contributed by atoms with van der Waals surface area (Å²) in [6.07, 6.45) is 0. The van der Waals surface area contributed by atoms with E-state index >= 15 is 0 Å². The zero-order chi connectivity index (χ0) is 14.2. The summed E-state index contributed by atoms with van der Waals surface area (Å²) in [5.41, 5.74) is 0. The summed E-state index contributed by atoms with van der Waals surface area (Å²) in [6.45, 7) is 3.00. The normalized spacial score (nSPS) is 25.1. The lowest BCUT2D eigenvalue weighted by atomic mass is 10.1. The standard InChI is InChI=1S/C13H20N2O3S/c1-10-8-15(9-11(10)14(2)3)19(17,18)13-7-5-4-6-12(13)16/h4-7,10-11,16H,8-9H2,1-3H3. The third-order valence-corrected chi connectivity index (χ3v) is 5.56. The van der Waals surface area contributed by atoms with Gasteiger partial charge in [0.05, 0.1) is 0 Å². The minimum absolute atomic E-state index is 0.0124. The largest absolute Gasteiger partial charge is 0.507 e. The average Bonchev–Trinajstić information content (AvgIpc) is 2.72. The first kappa shape index (κ1) is 14.3. The number of para-hydroxylation sites is 1. The molecule has 19 heavy (non-hydrogen) atoms. The molecule has 1 aromatic rings. The number of phenolic OH excluding ortho intramolecular Hbond substituents is 1. The number of benzene rings is 1. The molecule has 1 aromatic carbocycles. The Morgan fingerprint density at radius 3 is 2.42 bits per heavy atom. The fourth-order valence-electron chi connectivity index (χ4n) is 2.59. The minimum atomic E-state index is -3.61. The molecule has 2 unspecified atom stereocenters. The third kappa shape index (κ3) is 2.61. The van der Waals surface area contributed by atoms with Gasteiger partial charge in [-0.2, -0.15) is 4.31 Å². The second kappa shape index (κ2) is 5.11. The Hall–Kier alpha value is -1.11. The lowest BCUT2D eigenvalue weighted by Crippen LogP contribution is -2.35. The first-order valence-corrected chi connectivity index (χ1v) is 7.72. The fraction of sp³-hybridized carbons (Fsp3) is 0.538. The Balaban J connectivity index is 2.30.